The third kappa shape index (κ3) is 5.23. The number of nitrogens with one attached hydrogen (secondary N) is 2. The number of benzene rings is 2. The molecule has 0 saturated carbocycles. The monoisotopic (exact) mass is 407 g/mol. The van der Waals surface area contributed by atoms with Gasteiger partial charge in [0.1, 0.15) is 5.82 Å². The van der Waals surface area contributed by atoms with Crippen molar-refractivity contribution in [3.8, 4) is 0 Å². The number of rotatable bonds is 8. The molecule has 8 heteroatoms. The Bertz CT molecular complexity index is 1070. The molecule has 0 saturated heterocycles. The van der Waals surface area contributed by atoms with Crippen LogP contribution in [0.5, 0.6) is 0 Å². The zero-order valence-corrected chi connectivity index (χ0v) is 16.8. The van der Waals surface area contributed by atoms with Crippen LogP contribution in [-0.2, 0) is 24.2 Å². The molecule has 0 aliphatic heterocycles. The van der Waals surface area contributed by atoms with Gasteiger partial charge < -0.3 is 14.7 Å². The number of aromatic nitrogens is 4. The predicted molar refractivity (Wildman–Crippen MR) is 112 cm³/mol. The summed E-state index contributed by atoms with van der Waals surface area (Å²) in [5, 5.41) is 11.4. The Hall–Kier alpha value is -3.13. The van der Waals surface area contributed by atoms with Crippen molar-refractivity contribution < 1.29 is 9.21 Å². The topological polar surface area (TPSA) is 96.7 Å². The number of carbonyl (C=O) groups is 1. The van der Waals surface area contributed by atoms with Gasteiger partial charge in [-0.2, -0.15) is 0 Å². The molecule has 2 heterocycles. The van der Waals surface area contributed by atoms with E-state index < -0.39 is 0 Å². The van der Waals surface area contributed by atoms with E-state index in [0.717, 1.165) is 22.4 Å². The predicted octanol–water partition coefficient (Wildman–Crippen LogP) is 3.45. The SMILES string of the molecule is Cc1ccc(CNC(=O)CSc2nnc(CCc3nc4ccccc4[nH]3)o2)cc1. The van der Waals surface area contributed by atoms with Crippen LogP contribution in [0.15, 0.2) is 58.2 Å². The molecule has 2 aromatic carbocycles. The van der Waals surface area contributed by atoms with Crippen molar-refractivity contribution in [3.63, 3.8) is 0 Å². The first-order chi connectivity index (χ1) is 14.2. The summed E-state index contributed by atoms with van der Waals surface area (Å²) in [4.78, 5) is 19.9. The Morgan fingerprint density at radius 2 is 1.93 bits per heavy atom. The minimum Gasteiger partial charge on any atom is -0.416 e. The number of hydrogen-bond acceptors (Lipinski definition) is 6. The van der Waals surface area contributed by atoms with Gasteiger partial charge in [0.2, 0.25) is 11.8 Å². The lowest BCUT2D eigenvalue weighted by molar-refractivity contribution is -0.118. The van der Waals surface area contributed by atoms with Crippen molar-refractivity contribution in [2.75, 3.05) is 5.75 Å². The minimum absolute atomic E-state index is 0.0717. The van der Waals surface area contributed by atoms with Crippen LogP contribution in [0, 0.1) is 6.92 Å². The lowest BCUT2D eigenvalue weighted by atomic mass is 10.1. The Morgan fingerprint density at radius 3 is 2.76 bits per heavy atom. The molecule has 148 valence electrons. The molecule has 0 unspecified atom stereocenters. The number of thioether (sulfide) groups is 1. The molecule has 1 amide bonds. The molecule has 0 spiro atoms. The zero-order chi connectivity index (χ0) is 20.1. The molecule has 0 atom stereocenters. The fraction of sp³-hybridized carbons (Fsp3) is 0.238. The molecule has 0 bridgehead atoms. The maximum Gasteiger partial charge on any atom is 0.277 e. The van der Waals surface area contributed by atoms with Gasteiger partial charge in [0.05, 0.1) is 16.8 Å². The highest BCUT2D eigenvalue weighted by Gasteiger charge is 2.11. The van der Waals surface area contributed by atoms with Crippen molar-refractivity contribution in [2.45, 2.75) is 31.5 Å². The number of fused-ring (bicyclic) bond motifs is 1. The number of aromatic amines is 1. The van der Waals surface area contributed by atoms with E-state index in [2.05, 4.69) is 25.5 Å². The maximum atomic E-state index is 12.0. The normalized spacial score (nSPS) is 11.1. The van der Waals surface area contributed by atoms with E-state index in [1.807, 2.05) is 55.5 Å². The van der Waals surface area contributed by atoms with Crippen LogP contribution in [-0.4, -0.2) is 31.8 Å². The average molecular weight is 407 g/mol. The van der Waals surface area contributed by atoms with Crippen LogP contribution < -0.4 is 5.32 Å². The molecule has 0 radical (unpaired) electrons. The molecule has 4 rings (SSSR count). The smallest absolute Gasteiger partial charge is 0.277 e. The van der Waals surface area contributed by atoms with Gasteiger partial charge in [-0.05, 0) is 24.6 Å². The number of aryl methyl sites for hydroxylation is 3. The van der Waals surface area contributed by atoms with Gasteiger partial charge in [0.25, 0.3) is 5.22 Å². The molecule has 7 nitrogen and oxygen atoms in total. The Morgan fingerprint density at radius 1 is 1.10 bits per heavy atom. The lowest BCUT2D eigenvalue weighted by Crippen LogP contribution is -2.24. The second-order valence-corrected chi connectivity index (χ2v) is 7.64. The lowest BCUT2D eigenvalue weighted by Gasteiger charge is -2.04. The molecule has 0 fully saturated rings. The summed E-state index contributed by atoms with van der Waals surface area (Å²) in [6.07, 6.45) is 1.27. The highest BCUT2D eigenvalue weighted by atomic mass is 32.2. The standard InChI is InChI=1S/C21H21N5O2S/c1-14-6-8-15(9-7-14)12-22-19(27)13-29-21-26-25-20(28-21)11-10-18-23-16-4-2-3-5-17(16)24-18/h2-9H,10-13H2,1H3,(H,22,27)(H,23,24). The fourth-order valence-corrected chi connectivity index (χ4v) is 3.44. The first kappa shape index (κ1) is 19.2. The summed E-state index contributed by atoms with van der Waals surface area (Å²) in [6, 6.07) is 16.0. The van der Waals surface area contributed by atoms with E-state index in [4.69, 9.17) is 4.42 Å². The van der Waals surface area contributed by atoms with Gasteiger partial charge in [0.15, 0.2) is 0 Å². The van der Waals surface area contributed by atoms with E-state index >= 15 is 0 Å². The van der Waals surface area contributed by atoms with Gasteiger partial charge >= 0.3 is 0 Å². The van der Waals surface area contributed by atoms with Crippen LogP contribution >= 0.6 is 11.8 Å². The number of H-pyrrole nitrogens is 1. The van der Waals surface area contributed by atoms with Crippen molar-refractivity contribution in [1.29, 1.82) is 0 Å². The summed E-state index contributed by atoms with van der Waals surface area (Å²) < 4.78 is 5.62. The molecule has 4 aromatic rings. The van der Waals surface area contributed by atoms with E-state index in [-0.39, 0.29) is 11.7 Å². The summed E-state index contributed by atoms with van der Waals surface area (Å²) in [5.74, 6) is 1.58. The van der Waals surface area contributed by atoms with E-state index in [1.165, 1.54) is 17.3 Å². The fourth-order valence-electron chi connectivity index (χ4n) is 2.83. The van der Waals surface area contributed by atoms with Gasteiger partial charge in [-0.15, -0.1) is 10.2 Å². The van der Waals surface area contributed by atoms with Gasteiger partial charge in [-0.3, -0.25) is 4.79 Å². The highest BCUT2D eigenvalue weighted by Crippen LogP contribution is 2.17. The largest absolute Gasteiger partial charge is 0.416 e. The first-order valence-electron chi connectivity index (χ1n) is 9.37. The number of nitrogens with zero attached hydrogens (tertiary/aromatic N) is 3. The number of amides is 1. The highest BCUT2D eigenvalue weighted by molar-refractivity contribution is 7.99. The Labute approximate surface area is 172 Å². The number of para-hydroxylation sites is 2. The molecular weight excluding hydrogens is 386 g/mol. The van der Waals surface area contributed by atoms with Gasteiger partial charge in [-0.1, -0.05) is 53.7 Å². The average Bonchev–Trinajstić information content (AvgIpc) is 3.36. The van der Waals surface area contributed by atoms with E-state index in [9.17, 15) is 4.79 Å². The van der Waals surface area contributed by atoms with E-state index in [1.54, 1.807) is 0 Å². The summed E-state index contributed by atoms with van der Waals surface area (Å²) in [5.41, 5.74) is 4.23. The minimum atomic E-state index is -0.0717. The van der Waals surface area contributed by atoms with Crippen LogP contribution in [0.3, 0.4) is 0 Å². The first-order valence-corrected chi connectivity index (χ1v) is 10.4. The Kier molecular flexibility index (Phi) is 5.90. The van der Waals surface area contributed by atoms with Crippen molar-refractivity contribution >= 4 is 28.7 Å². The van der Waals surface area contributed by atoms with Gasteiger partial charge in [-0.25, -0.2) is 4.98 Å². The third-order valence-electron chi connectivity index (χ3n) is 4.40. The number of hydrogen-bond donors (Lipinski definition) is 2. The van der Waals surface area contributed by atoms with Crippen molar-refractivity contribution in [2.24, 2.45) is 0 Å². The van der Waals surface area contributed by atoms with Crippen molar-refractivity contribution in [1.82, 2.24) is 25.5 Å². The second kappa shape index (κ2) is 8.91. The van der Waals surface area contributed by atoms with Crippen LogP contribution in [0.1, 0.15) is 22.8 Å². The molecule has 0 aliphatic rings. The van der Waals surface area contributed by atoms with Crippen LogP contribution in [0.2, 0.25) is 0 Å². The molecule has 2 N–H and O–H groups in total. The molecular formula is C21H21N5O2S. The second-order valence-electron chi connectivity index (χ2n) is 6.71. The van der Waals surface area contributed by atoms with Crippen LogP contribution in [0.25, 0.3) is 11.0 Å². The zero-order valence-electron chi connectivity index (χ0n) is 16.0. The quantitative estimate of drug-likeness (QED) is 0.434. The maximum absolute atomic E-state index is 12.0. The third-order valence-corrected chi connectivity index (χ3v) is 5.22. The molecule has 29 heavy (non-hydrogen) atoms. The van der Waals surface area contributed by atoms with Crippen LogP contribution in [0.4, 0.5) is 0 Å². The summed E-state index contributed by atoms with van der Waals surface area (Å²) in [6.45, 7) is 2.54. The number of imidazole rings is 1. The molecule has 0 aliphatic carbocycles. The molecule has 2 aromatic heterocycles. The van der Waals surface area contributed by atoms with Gasteiger partial charge in [0, 0.05) is 19.4 Å². The number of carbonyl (C=O) groups excluding carboxylic acids is 1. The van der Waals surface area contributed by atoms with Crippen molar-refractivity contribution in [3.05, 3.63) is 71.4 Å². The van der Waals surface area contributed by atoms with E-state index in [0.29, 0.717) is 30.5 Å². The summed E-state index contributed by atoms with van der Waals surface area (Å²) in [7, 11) is 0. The Balaban J connectivity index is 1.22. The summed E-state index contributed by atoms with van der Waals surface area (Å²) >= 11 is 1.24.